The molecule has 0 aliphatic heterocycles. The van der Waals surface area contributed by atoms with Crippen molar-refractivity contribution in [1.29, 1.82) is 0 Å². The third-order valence-electron chi connectivity index (χ3n) is 5.84. The second kappa shape index (κ2) is 10.8. The van der Waals surface area contributed by atoms with E-state index in [1.807, 2.05) is 48.5 Å². The molecule has 0 aliphatic carbocycles. The zero-order chi connectivity index (χ0) is 22.2. The molecule has 0 unspecified atom stereocenters. The topological polar surface area (TPSA) is 64.5 Å². The number of benzene rings is 4. The first-order valence-corrected chi connectivity index (χ1v) is 11.2. The summed E-state index contributed by atoms with van der Waals surface area (Å²) in [5.41, 5.74) is 4.30. The van der Waals surface area contributed by atoms with Crippen LogP contribution in [0.5, 0.6) is 11.5 Å². The molecule has 0 aliphatic rings. The average molecular weight is 427 g/mol. The Labute approximate surface area is 189 Å². The van der Waals surface area contributed by atoms with E-state index in [-0.39, 0.29) is 11.5 Å². The Balaban J connectivity index is 1.42. The van der Waals surface area contributed by atoms with Crippen LogP contribution in [-0.4, -0.2) is 23.3 Å². The summed E-state index contributed by atoms with van der Waals surface area (Å²) in [4.78, 5) is 0. The van der Waals surface area contributed by atoms with Crippen LogP contribution in [0.1, 0.15) is 22.3 Å². The third-order valence-corrected chi connectivity index (χ3v) is 5.84. The van der Waals surface area contributed by atoms with Crippen molar-refractivity contribution >= 4 is 10.8 Å². The van der Waals surface area contributed by atoms with Crippen LogP contribution in [0.4, 0.5) is 0 Å². The van der Waals surface area contributed by atoms with Crippen LogP contribution in [0.25, 0.3) is 10.8 Å². The highest BCUT2D eigenvalue weighted by Gasteiger charge is 2.13. The van der Waals surface area contributed by atoms with Gasteiger partial charge in [-0.3, -0.25) is 0 Å². The Morgan fingerprint density at radius 2 is 0.906 bits per heavy atom. The predicted molar refractivity (Wildman–Crippen MR) is 131 cm³/mol. The molecule has 0 saturated carbocycles. The van der Waals surface area contributed by atoms with Crippen molar-refractivity contribution in [3.05, 3.63) is 107 Å². The minimum atomic E-state index is 0.276. The van der Waals surface area contributed by atoms with Crippen LogP contribution < -0.4 is 10.6 Å². The summed E-state index contributed by atoms with van der Waals surface area (Å²) < 4.78 is 0. The van der Waals surface area contributed by atoms with Gasteiger partial charge in [0.25, 0.3) is 0 Å². The molecule has 0 amide bonds. The molecule has 0 radical (unpaired) electrons. The van der Waals surface area contributed by atoms with Crippen LogP contribution in [0.2, 0.25) is 0 Å². The Bertz CT molecular complexity index is 1050. The van der Waals surface area contributed by atoms with Crippen LogP contribution in [0, 0.1) is 0 Å². The van der Waals surface area contributed by atoms with E-state index in [1.165, 1.54) is 11.1 Å². The number of rotatable bonds is 10. The molecule has 164 valence electrons. The van der Waals surface area contributed by atoms with E-state index in [9.17, 15) is 10.2 Å². The molecule has 0 saturated heterocycles. The van der Waals surface area contributed by atoms with Gasteiger partial charge in [-0.15, -0.1) is 0 Å². The first-order chi connectivity index (χ1) is 15.7. The van der Waals surface area contributed by atoms with Crippen molar-refractivity contribution in [3.8, 4) is 11.5 Å². The van der Waals surface area contributed by atoms with Gasteiger partial charge < -0.3 is 20.8 Å². The molecule has 4 aromatic carbocycles. The van der Waals surface area contributed by atoms with Gasteiger partial charge >= 0.3 is 0 Å². The summed E-state index contributed by atoms with van der Waals surface area (Å²) in [6, 6.07) is 28.0. The molecule has 0 fully saturated rings. The van der Waals surface area contributed by atoms with E-state index < -0.39 is 0 Å². The highest BCUT2D eigenvalue weighted by molar-refractivity contribution is 5.92. The Morgan fingerprint density at radius 1 is 0.500 bits per heavy atom. The third kappa shape index (κ3) is 5.47. The van der Waals surface area contributed by atoms with Gasteiger partial charge in [-0.1, -0.05) is 72.8 Å². The first kappa shape index (κ1) is 21.9. The molecular formula is C28H30N2O2. The lowest BCUT2D eigenvalue weighted by molar-refractivity contribution is 0.463. The molecule has 4 rings (SSSR count). The Kier molecular flexibility index (Phi) is 7.38. The maximum atomic E-state index is 10.5. The highest BCUT2D eigenvalue weighted by Crippen LogP contribution is 2.33. The van der Waals surface area contributed by atoms with Crippen molar-refractivity contribution in [2.75, 3.05) is 13.1 Å². The SMILES string of the molecule is Oc1ccc2c(CNCCc3ccccc3)c(O)ccc2c1CNCCc1ccccc1. The van der Waals surface area contributed by atoms with E-state index >= 15 is 0 Å². The van der Waals surface area contributed by atoms with E-state index in [2.05, 4.69) is 34.9 Å². The summed E-state index contributed by atoms with van der Waals surface area (Å²) in [6.07, 6.45) is 1.87. The minimum absolute atomic E-state index is 0.276. The molecule has 4 nitrogen and oxygen atoms in total. The zero-order valence-corrected chi connectivity index (χ0v) is 18.2. The van der Waals surface area contributed by atoms with Crippen LogP contribution in [0.15, 0.2) is 84.9 Å². The summed E-state index contributed by atoms with van der Waals surface area (Å²) in [5.74, 6) is 0.553. The molecule has 4 N–H and O–H groups in total. The molecule has 32 heavy (non-hydrogen) atoms. The molecule has 4 aromatic rings. The first-order valence-electron chi connectivity index (χ1n) is 11.2. The lowest BCUT2D eigenvalue weighted by atomic mass is 9.98. The maximum Gasteiger partial charge on any atom is 0.120 e. The molecule has 4 heteroatoms. The lowest BCUT2D eigenvalue weighted by Crippen LogP contribution is -2.18. The van der Waals surface area contributed by atoms with Gasteiger partial charge in [0, 0.05) is 24.2 Å². The molecule has 0 bridgehead atoms. The summed E-state index contributed by atoms with van der Waals surface area (Å²) in [6.45, 7) is 2.79. The van der Waals surface area contributed by atoms with Gasteiger partial charge in [0.2, 0.25) is 0 Å². The van der Waals surface area contributed by atoms with Crippen LogP contribution in [-0.2, 0) is 25.9 Å². The normalized spacial score (nSPS) is 11.1. The fraction of sp³-hybridized carbons (Fsp3) is 0.214. The van der Waals surface area contributed by atoms with E-state index in [1.54, 1.807) is 12.1 Å². The van der Waals surface area contributed by atoms with Gasteiger partial charge in [0.15, 0.2) is 0 Å². The molecule has 0 atom stereocenters. The molecule has 0 aromatic heterocycles. The second-order valence-corrected chi connectivity index (χ2v) is 8.05. The largest absolute Gasteiger partial charge is 0.508 e. The Morgan fingerprint density at radius 3 is 1.31 bits per heavy atom. The number of aromatic hydroxyl groups is 2. The minimum Gasteiger partial charge on any atom is -0.508 e. The smallest absolute Gasteiger partial charge is 0.120 e. The Hall–Kier alpha value is -3.34. The molecular weight excluding hydrogens is 396 g/mol. The van der Waals surface area contributed by atoms with Gasteiger partial charge in [0.05, 0.1) is 0 Å². The lowest BCUT2D eigenvalue weighted by Gasteiger charge is -2.15. The quantitative estimate of drug-likeness (QED) is 0.272. The van der Waals surface area contributed by atoms with Crippen molar-refractivity contribution in [3.63, 3.8) is 0 Å². The number of phenols is 2. The number of fused-ring (bicyclic) bond motifs is 1. The average Bonchev–Trinajstić information content (AvgIpc) is 2.83. The maximum absolute atomic E-state index is 10.5. The zero-order valence-electron chi connectivity index (χ0n) is 18.2. The molecule has 0 heterocycles. The van der Waals surface area contributed by atoms with E-state index in [0.29, 0.717) is 13.1 Å². The number of hydrogen-bond acceptors (Lipinski definition) is 4. The van der Waals surface area contributed by atoms with E-state index in [4.69, 9.17) is 0 Å². The van der Waals surface area contributed by atoms with E-state index in [0.717, 1.165) is 47.8 Å². The van der Waals surface area contributed by atoms with Crippen molar-refractivity contribution in [1.82, 2.24) is 10.6 Å². The van der Waals surface area contributed by atoms with Crippen molar-refractivity contribution in [2.24, 2.45) is 0 Å². The van der Waals surface area contributed by atoms with Crippen LogP contribution >= 0.6 is 0 Å². The van der Waals surface area contributed by atoms with Gasteiger partial charge in [0.1, 0.15) is 11.5 Å². The number of phenolic OH excluding ortho intramolecular Hbond substituents is 2. The summed E-state index contributed by atoms with van der Waals surface area (Å²) in [5, 5.41) is 29.8. The fourth-order valence-electron chi connectivity index (χ4n) is 4.06. The van der Waals surface area contributed by atoms with Gasteiger partial charge in [-0.2, -0.15) is 0 Å². The van der Waals surface area contributed by atoms with Crippen molar-refractivity contribution in [2.45, 2.75) is 25.9 Å². The molecule has 0 spiro atoms. The van der Waals surface area contributed by atoms with Gasteiger partial charge in [-0.25, -0.2) is 0 Å². The standard InChI is InChI=1S/C28H30N2O2/c31-27-13-12-24-23(25(27)19-29-17-15-21-7-3-1-4-8-21)11-14-28(32)26(24)20-30-18-16-22-9-5-2-6-10-22/h1-14,29-32H,15-20H2. The summed E-state index contributed by atoms with van der Waals surface area (Å²) >= 11 is 0. The second-order valence-electron chi connectivity index (χ2n) is 8.05. The monoisotopic (exact) mass is 426 g/mol. The van der Waals surface area contributed by atoms with Crippen LogP contribution in [0.3, 0.4) is 0 Å². The number of nitrogens with one attached hydrogen (secondary N) is 2. The van der Waals surface area contributed by atoms with Crippen molar-refractivity contribution < 1.29 is 10.2 Å². The fourth-order valence-corrected chi connectivity index (χ4v) is 4.06. The van der Waals surface area contributed by atoms with Gasteiger partial charge in [-0.05, 0) is 60.0 Å². The summed E-state index contributed by atoms with van der Waals surface area (Å²) in [7, 11) is 0. The number of hydrogen-bond donors (Lipinski definition) is 4. The predicted octanol–water partition coefficient (Wildman–Crippen LogP) is 4.92. The highest BCUT2D eigenvalue weighted by atomic mass is 16.3.